The number of carbonyl (C=O) groups excluding carboxylic acids is 1. The molecule has 0 atom stereocenters. The molecule has 1 heterocycles. The largest absolute Gasteiger partial charge is 0.475 e. The summed E-state index contributed by atoms with van der Waals surface area (Å²) >= 11 is 0. The van der Waals surface area contributed by atoms with Crippen LogP contribution >= 0.6 is 0 Å². The number of aromatic nitrogens is 2. The van der Waals surface area contributed by atoms with Crippen molar-refractivity contribution in [3.63, 3.8) is 0 Å². The minimum atomic E-state index is -0.168. The summed E-state index contributed by atoms with van der Waals surface area (Å²) in [5.74, 6) is 0.336. The van der Waals surface area contributed by atoms with Crippen molar-refractivity contribution < 1.29 is 9.53 Å². The second-order valence-corrected chi connectivity index (χ2v) is 7.68. The molecule has 0 fully saturated rings. The third-order valence-electron chi connectivity index (χ3n) is 5.58. The van der Waals surface area contributed by atoms with Crippen molar-refractivity contribution in [2.24, 2.45) is 0 Å². The van der Waals surface area contributed by atoms with Crippen LogP contribution in [0.5, 0.6) is 5.88 Å². The van der Waals surface area contributed by atoms with E-state index in [1.165, 1.54) is 0 Å². The lowest BCUT2D eigenvalue weighted by molar-refractivity contribution is 0.102. The first kappa shape index (κ1) is 22.4. The topological polar surface area (TPSA) is 67.3 Å². The molecule has 4 aromatic rings. The van der Waals surface area contributed by atoms with E-state index in [0.717, 1.165) is 36.3 Å². The van der Waals surface area contributed by atoms with Gasteiger partial charge in [-0.05, 0) is 54.5 Å². The molecule has 0 aliphatic carbocycles. The van der Waals surface area contributed by atoms with Crippen molar-refractivity contribution in [3.8, 4) is 17.0 Å². The number of fused-ring (bicyclic) bond motifs is 1. The maximum Gasteiger partial charge on any atom is 0.255 e. The first-order valence-electron chi connectivity index (χ1n) is 11.2. The van der Waals surface area contributed by atoms with E-state index >= 15 is 0 Å². The molecule has 0 radical (unpaired) electrons. The maximum atomic E-state index is 12.7. The number of anilines is 1. The van der Waals surface area contributed by atoms with Crippen molar-refractivity contribution in [2.75, 3.05) is 31.6 Å². The van der Waals surface area contributed by atoms with E-state index in [9.17, 15) is 4.79 Å². The summed E-state index contributed by atoms with van der Waals surface area (Å²) in [5, 5.41) is 2.94. The van der Waals surface area contributed by atoms with Crippen LogP contribution in [0.25, 0.3) is 22.2 Å². The van der Waals surface area contributed by atoms with Crippen molar-refractivity contribution in [3.05, 3.63) is 84.6 Å². The number of nitrogens with zero attached hydrogens (tertiary/aromatic N) is 3. The molecule has 6 heteroatoms. The van der Waals surface area contributed by atoms with E-state index in [2.05, 4.69) is 34.0 Å². The minimum Gasteiger partial charge on any atom is -0.475 e. The summed E-state index contributed by atoms with van der Waals surface area (Å²) in [6.07, 6.45) is 1.62. The first-order chi connectivity index (χ1) is 16.2. The predicted molar refractivity (Wildman–Crippen MR) is 133 cm³/mol. The molecule has 4 rings (SSSR count). The number of likely N-dealkylation sites (N-methyl/N-ethyl adjacent to an activating group) is 1. The van der Waals surface area contributed by atoms with E-state index in [1.807, 2.05) is 72.8 Å². The Bertz CT molecular complexity index is 1210. The summed E-state index contributed by atoms with van der Waals surface area (Å²) < 4.78 is 5.76. The highest BCUT2D eigenvalue weighted by molar-refractivity contribution is 6.05. The molecular formula is C27H28N4O2. The van der Waals surface area contributed by atoms with Gasteiger partial charge >= 0.3 is 0 Å². The highest BCUT2D eigenvalue weighted by Crippen LogP contribution is 2.21. The summed E-state index contributed by atoms with van der Waals surface area (Å²) in [4.78, 5) is 24.0. The van der Waals surface area contributed by atoms with Gasteiger partial charge in [0, 0.05) is 17.8 Å². The van der Waals surface area contributed by atoms with E-state index in [-0.39, 0.29) is 5.91 Å². The second kappa shape index (κ2) is 10.7. The fourth-order valence-electron chi connectivity index (χ4n) is 3.61. The van der Waals surface area contributed by atoms with E-state index < -0.39 is 0 Å². The standard InChI is InChI=1S/C27H28N4O2/c1-3-31(4-2)16-17-33-26-19-28-25-18-23(14-15-24(25)30-26)29-27(32)22-12-10-21(11-13-22)20-8-6-5-7-9-20/h5-15,18-19H,3-4,16-17H2,1-2H3,(H,29,32). The van der Waals surface area contributed by atoms with Gasteiger partial charge in [0.25, 0.3) is 5.91 Å². The molecule has 0 bridgehead atoms. The number of hydrogen-bond donors (Lipinski definition) is 1. The van der Waals surface area contributed by atoms with Gasteiger partial charge in [-0.15, -0.1) is 0 Å². The molecule has 1 amide bonds. The molecule has 1 aromatic heterocycles. The Labute approximate surface area is 194 Å². The molecule has 0 spiro atoms. The Morgan fingerprint density at radius 2 is 1.64 bits per heavy atom. The number of hydrogen-bond acceptors (Lipinski definition) is 5. The number of rotatable bonds is 9. The SMILES string of the molecule is CCN(CC)CCOc1cnc2cc(NC(=O)c3ccc(-c4ccccc4)cc3)ccc2n1. The van der Waals surface area contributed by atoms with Crippen LogP contribution in [0.4, 0.5) is 5.69 Å². The van der Waals surface area contributed by atoms with Crippen molar-refractivity contribution >= 4 is 22.6 Å². The van der Waals surface area contributed by atoms with Crippen LogP contribution in [0.2, 0.25) is 0 Å². The Morgan fingerprint density at radius 1 is 0.909 bits per heavy atom. The number of carbonyl (C=O) groups is 1. The van der Waals surface area contributed by atoms with Crippen molar-refractivity contribution in [1.82, 2.24) is 14.9 Å². The molecular weight excluding hydrogens is 412 g/mol. The molecule has 3 aromatic carbocycles. The van der Waals surface area contributed by atoms with E-state index in [4.69, 9.17) is 4.74 Å². The van der Waals surface area contributed by atoms with Gasteiger partial charge in [-0.3, -0.25) is 4.79 Å². The van der Waals surface area contributed by atoms with Crippen LogP contribution in [0.15, 0.2) is 79.0 Å². The highest BCUT2D eigenvalue weighted by Gasteiger charge is 2.09. The molecule has 1 N–H and O–H groups in total. The van der Waals surface area contributed by atoms with Crippen LogP contribution in [0.3, 0.4) is 0 Å². The predicted octanol–water partition coefficient (Wildman–Crippen LogP) is 5.27. The van der Waals surface area contributed by atoms with Gasteiger partial charge in [-0.25, -0.2) is 9.97 Å². The Hall–Kier alpha value is -3.77. The van der Waals surface area contributed by atoms with Gasteiger partial charge in [0.1, 0.15) is 6.61 Å². The Balaban J connectivity index is 1.39. The molecule has 0 saturated heterocycles. The maximum absolute atomic E-state index is 12.7. The fourth-order valence-corrected chi connectivity index (χ4v) is 3.61. The van der Waals surface area contributed by atoms with Gasteiger partial charge < -0.3 is 15.0 Å². The lowest BCUT2D eigenvalue weighted by atomic mass is 10.0. The highest BCUT2D eigenvalue weighted by atomic mass is 16.5. The smallest absolute Gasteiger partial charge is 0.255 e. The van der Waals surface area contributed by atoms with Gasteiger partial charge in [-0.1, -0.05) is 56.3 Å². The van der Waals surface area contributed by atoms with Crippen LogP contribution in [0, 0.1) is 0 Å². The molecule has 168 valence electrons. The Kier molecular flexibility index (Phi) is 7.27. The van der Waals surface area contributed by atoms with E-state index in [1.54, 1.807) is 6.20 Å². The van der Waals surface area contributed by atoms with Gasteiger partial charge in [0.05, 0.1) is 17.2 Å². The first-order valence-corrected chi connectivity index (χ1v) is 11.2. The molecule has 0 aliphatic rings. The zero-order valence-electron chi connectivity index (χ0n) is 19.0. The third-order valence-corrected chi connectivity index (χ3v) is 5.58. The van der Waals surface area contributed by atoms with Crippen LogP contribution in [0.1, 0.15) is 24.2 Å². The summed E-state index contributed by atoms with van der Waals surface area (Å²) in [5.41, 5.74) is 4.88. The van der Waals surface area contributed by atoms with Gasteiger partial charge in [0.15, 0.2) is 0 Å². The summed E-state index contributed by atoms with van der Waals surface area (Å²) in [7, 11) is 0. The van der Waals surface area contributed by atoms with Crippen molar-refractivity contribution in [1.29, 1.82) is 0 Å². The van der Waals surface area contributed by atoms with Crippen LogP contribution in [-0.4, -0.2) is 47.0 Å². The number of benzene rings is 3. The quantitative estimate of drug-likeness (QED) is 0.384. The minimum absolute atomic E-state index is 0.168. The average Bonchev–Trinajstić information content (AvgIpc) is 2.87. The number of amides is 1. The zero-order chi connectivity index (χ0) is 23.0. The van der Waals surface area contributed by atoms with Crippen molar-refractivity contribution in [2.45, 2.75) is 13.8 Å². The lowest BCUT2D eigenvalue weighted by Crippen LogP contribution is -2.28. The Morgan fingerprint density at radius 3 is 2.36 bits per heavy atom. The monoisotopic (exact) mass is 440 g/mol. The molecule has 0 saturated carbocycles. The molecule has 33 heavy (non-hydrogen) atoms. The van der Waals surface area contributed by atoms with Gasteiger partial charge in [-0.2, -0.15) is 0 Å². The fraction of sp³-hybridized carbons (Fsp3) is 0.222. The zero-order valence-corrected chi connectivity index (χ0v) is 19.0. The number of nitrogens with one attached hydrogen (secondary N) is 1. The van der Waals surface area contributed by atoms with E-state index in [0.29, 0.717) is 29.3 Å². The van der Waals surface area contributed by atoms with Gasteiger partial charge in [0.2, 0.25) is 5.88 Å². The lowest BCUT2D eigenvalue weighted by Gasteiger charge is -2.17. The van der Waals surface area contributed by atoms with Crippen LogP contribution in [-0.2, 0) is 0 Å². The average molecular weight is 441 g/mol. The number of ether oxygens (including phenoxy) is 1. The van der Waals surface area contributed by atoms with Crippen LogP contribution < -0.4 is 10.1 Å². The molecule has 0 unspecified atom stereocenters. The second-order valence-electron chi connectivity index (χ2n) is 7.68. The normalized spacial score (nSPS) is 11.0. The summed E-state index contributed by atoms with van der Waals surface area (Å²) in [6.45, 7) is 7.68. The molecule has 6 nitrogen and oxygen atoms in total. The summed E-state index contributed by atoms with van der Waals surface area (Å²) in [6, 6.07) is 23.1. The third kappa shape index (κ3) is 5.73. The molecule has 0 aliphatic heterocycles.